The fourth-order valence-corrected chi connectivity index (χ4v) is 1.91. The molecule has 0 bridgehead atoms. The molecule has 0 saturated carbocycles. The Labute approximate surface area is 117 Å². The standard InChI is InChI=1S/C14H19FN4O/c1-10(2)7-19-13(17-9-18-19)8-20-14-11(6-16)4-3-5-12(14)15/h3-5,9-10H,6-8,16H2,1-2H3. The summed E-state index contributed by atoms with van der Waals surface area (Å²) in [6.45, 7) is 5.33. The number of rotatable bonds is 6. The van der Waals surface area contributed by atoms with Gasteiger partial charge in [0.1, 0.15) is 12.9 Å². The Balaban J connectivity index is 2.11. The highest BCUT2D eigenvalue weighted by Crippen LogP contribution is 2.23. The van der Waals surface area contributed by atoms with Crippen LogP contribution in [0.3, 0.4) is 0 Å². The smallest absolute Gasteiger partial charge is 0.165 e. The van der Waals surface area contributed by atoms with Crippen LogP contribution in [0.2, 0.25) is 0 Å². The van der Waals surface area contributed by atoms with Gasteiger partial charge in [-0.1, -0.05) is 26.0 Å². The first-order valence-corrected chi connectivity index (χ1v) is 6.58. The average Bonchev–Trinajstić information content (AvgIpc) is 2.83. The van der Waals surface area contributed by atoms with Gasteiger partial charge in [0.2, 0.25) is 0 Å². The number of para-hydroxylation sites is 1. The molecule has 5 nitrogen and oxygen atoms in total. The van der Waals surface area contributed by atoms with Crippen LogP contribution in [-0.2, 0) is 19.7 Å². The Hall–Kier alpha value is -1.95. The van der Waals surface area contributed by atoms with Crippen LogP contribution >= 0.6 is 0 Å². The molecule has 108 valence electrons. The largest absolute Gasteiger partial charge is 0.482 e. The number of hydrogen-bond acceptors (Lipinski definition) is 4. The lowest BCUT2D eigenvalue weighted by Gasteiger charge is -2.12. The molecule has 0 aliphatic rings. The first kappa shape index (κ1) is 14.5. The van der Waals surface area contributed by atoms with Gasteiger partial charge in [-0.3, -0.25) is 0 Å². The molecule has 0 unspecified atom stereocenters. The van der Waals surface area contributed by atoms with E-state index in [0.29, 0.717) is 17.3 Å². The van der Waals surface area contributed by atoms with Crippen molar-refractivity contribution < 1.29 is 9.13 Å². The van der Waals surface area contributed by atoms with Crippen LogP contribution in [0.1, 0.15) is 25.2 Å². The van der Waals surface area contributed by atoms with Crippen molar-refractivity contribution in [2.75, 3.05) is 0 Å². The van der Waals surface area contributed by atoms with Crippen LogP contribution in [0.15, 0.2) is 24.5 Å². The zero-order valence-corrected chi connectivity index (χ0v) is 11.7. The van der Waals surface area contributed by atoms with E-state index in [4.69, 9.17) is 10.5 Å². The second-order valence-corrected chi connectivity index (χ2v) is 4.97. The van der Waals surface area contributed by atoms with Crippen LogP contribution < -0.4 is 10.5 Å². The summed E-state index contributed by atoms with van der Waals surface area (Å²) in [4.78, 5) is 4.14. The van der Waals surface area contributed by atoms with Crippen molar-refractivity contribution in [3.63, 3.8) is 0 Å². The minimum Gasteiger partial charge on any atom is -0.482 e. The maximum Gasteiger partial charge on any atom is 0.165 e. The maximum absolute atomic E-state index is 13.8. The molecule has 1 aromatic heterocycles. The van der Waals surface area contributed by atoms with Crippen LogP contribution in [-0.4, -0.2) is 14.8 Å². The van der Waals surface area contributed by atoms with E-state index in [2.05, 4.69) is 23.9 Å². The summed E-state index contributed by atoms with van der Waals surface area (Å²) < 4.78 is 21.1. The molecule has 2 rings (SSSR count). The van der Waals surface area contributed by atoms with Gasteiger partial charge in [0.05, 0.1) is 0 Å². The highest BCUT2D eigenvalue weighted by molar-refractivity contribution is 5.34. The van der Waals surface area contributed by atoms with E-state index in [1.165, 1.54) is 12.4 Å². The summed E-state index contributed by atoms with van der Waals surface area (Å²) in [5, 5.41) is 4.14. The van der Waals surface area contributed by atoms with Crippen molar-refractivity contribution in [3.05, 3.63) is 41.7 Å². The summed E-state index contributed by atoms with van der Waals surface area (Å²) >= 11 is 0. The summed E-state index contributed by atoms with van der Waals surface area (Å²) in [6.07, 6.45) is 1.48. The Morgan fingerprint density at radius 1 is 1.40 bits per heavy atom. The van der Waals surface area contributed by atoms with Crippen LogP contribution in [0.5, 0.6) is 5.75 Å². The lowest BCUT2D eigenvalue weighted by Crippen LogP contribution is -2.13. The number of hydrogen-bond donors (Lipinski definition) is 1. The van der Waals surface area contributed by atoms with E-state index < -0.39 is 5.82 Å². The number of nitrogens with two attached hydrogens (primary N) is 1. The summed E-state index contributed by atoms with van der Waals surface area (Å²) in [7, 11) is 0. The molecule has 0 amide bonds. The van der Waals surface area contributed by atoms with Gasteiger partial charge in [-0.15, -0.1) is 0 Å². The molecule has 0 atom stereocenters. The van der Waals surface area contributed by atoms with Crippen molar-refractivity contribution >= 4 is 0 Å². The van der Waals surface area contributed by atoms with Crippen LogP contribution in [0.4, 0.5) is 4.39 Å². The summed E-state index contributed by atoms with van der Waals surface area (Å²) in [5.74, 6) is 0.894. The van der Waals surface area contributed by atoms with E-state index in [9.17, 15) is 4.39 Å². The topological polar surface area (TPSA) is 66.0 Å². The van der Waals surface area contributed by atoms with Crippen molar-refractivity contribution in [1.29, 1.82) is 0 Å². The number of aromatic nitrogens is 3. The highest BCUT2D eigenvalue weighted by Gasteiger charge is 2.12. The fourth-order valence-electron chi connectivity index (χ4n) is 1.91. The van der Waals surface area contributed by atoms with Crippen molar-refractivity contribution in [2.45, 2.75) is 33.5 Å². The van der Waals surface area contributed by atoms with E-state index in [1.807, 2.05) is 0 Å². The van der Waals surface area contributed by atoms with Gasteiger partial charge in [0.25, 0.3) is 0 Å². The quantitative estimate of drug-likeness (QED) is 0.879. The minimum absolute atomic E-state index is 0.167. The first-order valence-electron chi connectivity index (χ1n) is 6.58. The van der Waals surface area contributed by atoms with E-state index >= 15 is 0 Å². The molecule has 2 aromatic rings. The van der Waals surface area contributed by atoms with Gasteiger partial charge in [-0.2, -0.15) is 5.10 Å². The maximum atomic E-state index is 13.8. The Kier molecular flexibility index (Phi) is 4.68. The van der Waals surface area contributed by atoms with Crippen molar-refractivity contribution in [1.82, 2.24) is 14.8 Å². The van der Waals surface area contributed by atoms with Gasteiger partial charge in [-0.05, 0) is 12.0 Å². The lowest BCUT2D eigenvalue weighted by molar-refractivity contribution is 0.267. The zero-order chi connectivity index (χ0) is 14.5. The van der Waals surface area contributed by atoms with Gasteiger partial charge < -0.3 is 10.5 Å². The van der Waals surface area contributed by atoms with Gasteiger partial charge in [-0.25, -0.2) is 14.1 Å². The number of ether oxygens (including phenoxy) is 1. The molecule has 0 aliphatic heterocycles. The second-order valence-electron chi connectivity index (χ2n) is 4.97. The van der Waals surface area contributed by atoms with Crippen LogP contribution in [0, 0.1) is 11.7 Å². The molecule has 1 heterocycles. The third kappa shape index (κ3) is 3.33. The van der Waals surface area contributed by atoms with Crippen LogP contribution in [0.25, 0.3) is 0 Å². The number of halogens is 1. The Morgan fingerprint density at radius 3 is 2.90 bits per heavy atom. The Bertz CT molecular complexity index is 568. The lowest BCUT2D eigenvalue weighted by atomic mass is 10.2. The fraction of sp³-hybridized carbons (Fsp3) is 0.429. The average molecular weight is 278 g/mol. The Morgan fingerprint density at radius 2 is 2.20 bits per heavy atom. The summed E-state index contributed by atoms with van der Waals surface area (Å²) in [6, 6.07) is 4.72. The van der Waals surface area contributed by atoms with Gasteiger partial charge >= 0.3 is 0 Å². The number of nitrogens with zero attached hydrogens (tertiary/aromatic N) is 3. The summed E-state index contributed by atoms with van der Waals surface area (Å²) in [5.41, 5.74) is 6.22. The second kappa shape index (κ2) is 6.47. The zero-order valence-electron chi connectivity index (χ0n) is 11.7. The molecule has 6 heteroatoms. The molecule has 0 spiro atoms. The van der Waals surface area contributed by atoms with Crippen molar-refractivity contribution in [3.8, 4) is 5.75 Å². The SMILES string of the molecule is CC(C)Cn1ncnc1COc1c(F)cccc1CN. The van der Waals surface area contributed by atoms with E-state index in [1.54, 1.807) is 16.8 Å². The number of benzene rings is 1. The van der Waals surface area contributed by atoms with Gasteiger partial charge in [0, 0.05) is 18.7 Å². The molecule has 1 aromatic carbocycles. The predicted octanol–water partition coefficient (Wildman–Crippen LogP) is 2.11. The highest BCUT2D eigenvalue weighted by atomic mass is 19.1. The molecule has 2 N–H and O–H groups in total. The molecule has 0 aliphatic carbocycles. The molecular weight excluding hydrogens is 259 g/mol. The molecular formula is C14H19FN4O. The monoisotopic (exact) mass is 278 g/mol. The molecule has 0 radical (unpaired) electrons. The first-order chi connectivity index (χ1) is 9.61. The van der Waals surface area contributed by atoms with E-state index in [-0.39, 0.29) is 18.9 Å². The normalized spacial score (nSPS) is 11.1. The minimum atomic E-state index is -0.414. The van der Waals surface area contributed by atoms with Gasteiger partial charge in [0.15, 0.2) is 17.4 Å². The van der Waals surface area contributed by atoms with Crippen molar-refractivity contribution in [2.24, 2.45) is 11.7 Å². The van der Waals surface area contributed by atoms with E-state index in [0.717, 1.165) is 6.54 Å². The molecule has 0 saturated heterocycles. The third-order valence-corrected chi connectivity index (χ3v) is 2.85. The molecule has 0 fully saturated rings. The third-order valence-electron chi connectivity index (χ3n) is 2.85. The molecule has 20 heavy (non-hydrogen) atoms. The predicted molar refractivity (Wildman–Crippen MR) is 73.5 cm³/mol.